The van der Waals surface area contributed by atoms with Gasteiger partial charge in [-0.15, -0.1) is 11.6 Å². The van der Waals surface area contributed by atoms with E-state index in [1.54, 1.807) is 0 Å². The number of halogens is 1. The Hall–Kier alpha value is 0.210. The fourth-order valence-electron chi connectivity index (χ4n) is 0.583. The molecule has 56 valence electrons. The lowest BCUT2D eigenvalue weighted by Gasteiger charge is -2.12. The smallest absolute Gasteiger partial charge is 0.0933 e. The van der Waals surface area contributed by atoms with Crippen molar-refractivity contribution >= 4 is 11.6 Å². The van der Waals surface area contributed by atoms with E-state index >= 15 is 0 Å². The van der Waals surface area contributed by atoms with Crippen molar-refractivity contribution in [2.45, 2.75) is 31.2 Å². The molecule has 9 heavy (non-hydrogen) atoms. The third-order valence-electron chi connectivity index (χ3n) is 1.17. The molecule has 2 atom stereocenters. The summed E-state index contributed by atoms with van der Waals surface area (Å²) in [5.41, 5.74) is 0. The molecule has 0 heterocycles. The van der Waals surface area contributed by atoms with Crippen molar-refractivity contribution in [3.05, 3.63) is 0 Å². The van der Waals surface area contributed by atoms with Crippen molar-refractivity contribution in [2.24, 2.45) is 0 Å². The molecule has 0 aromatic rings. The summed E-state index contributed by atoms with van der Waals surface area (Å²) in [4.78, 5) is 0. The van der Waals surface area contributed by atoms with Crippen LogP contribution in [0.2, 0.25) is 0 Å². The van der Waals surface area contributed by atoms with E-state index in [4.69, 9.17) is 21.8 Å². The van der Waals surface area contributed by atoms with Gasteiger partial charge in [-0.25, -0.2) is 0 Å². The minimum atomic E-state index is -0.758. The third-order valence-corrected chi connectivity index (χ3v) is 1.68. The van der Waals surface area contributed by atoms with Crippen LogP contribution < -0.4 is 0 Å². The van der Waals surface area contributed by atoms with Crippen LogP contribution in [-0.2, 0) is 0 Å². The van der Waals surface area contributed by atoms with E-state index in [2.05, 4.69) is 0 Å². The largest absolute Gasteiger partial charge is 0.394 e. The zero-order valence-electron chi connectivity index (χ0n) is 5.55. The fraction of sp³-hybridized carbons (Fsp3) is 1.00. The maximum Gasteiger partial charge on any atom is 0.0933 e. The molecule has 0 bridgehead atoms. The minimum Gasteiger partial charge on any atom is -0.394 e. The van der Waals surface area contributed by atoms with Crippen LogP contribution in [0.1, 0.15) is 19.8 Å². The van der Waals surface area contributed by atoms with Crippen molar-refractivity contribution in [3.8, 4) is 0 Å². The van der Waals surface area contributed by atoms with E-state index in [9.17, 15) is 0 Å². The molecular formula is C6H13ClO2. The van der Waals surface area contributed by atoms with Gasteiger partial charge in [-0.1, -0.05) is 13.3 Å². The zero-order chi connectivity index (χ0) is 7.28. The summed E-state index contributed by atoms with van der Waals surface area (Å²) in [6, 6.07) is 0. The van der Waals surface area contributed by atoms with E-state index < -0.39 is 6.10 Å². The Labute approximate surface area is 60.5 Å². The molecular weight excluding hydrogens is 140 g/mol. The number of alkyl halides is 1. The highest BCUT2D eigenvalue weighted by molar-refractivity contribution is 6.21. The topological polar surface area (TPSA) is 40.5 Å². The molecule has 0 fully saturated rings. The lowest BCUT2D eigenvalue weighted by Crippen LogP contribution is -2.24. The van der Waals surface area contributed by atoms with Gasteiger partial charge in [0.15, 0.2) is 0 Å². The van der Waals surface area contributed by atoms with E-state index in [-0.39, 0.29) is 12.0 Å². The van der Waals surface area contributed by atoms with Crippen LogP contribution in [-0.4, -0.2) is 28.3 Å². The monoisotopic (exact) mass is 152 g/mol. The van der Waals surface area contributed by atoms with Gasteiger partial charge in [-0.2, -0.15) is 0 Å². The van der Waals surface area contributed by atoms with Gasteiger partial charge in [0.05, 0.1) is 18.1 Å². The molecule has 3 heteroatoms. The van der Waals surface area contributed by atoms with Crippen molar-refractivity contribution in [2.75, 3.05) is 6.61 Å². The summed E-state index contributed by atoms with van der Waals surface area (Å²) in [7, 11) is 0. The number of aliphatic hydroxyl groups excluding tert-OH is 2. The average molecular weight is 153 g/mol. The van der Waals surface area contributed by atoms with Crippen LogP contribution in [0, 0.1) is 0 Å². The Morgan fingerprint density at radius 3 is 2.44 bits per heavy atom. The predicted molar refractivity (Wildman–Crippen MR) is 37.6 cm³/mol. The highest BCUT2D eigenvalue weighted by Gasteiger charge is 2.12. The van der Waals surface area contributed by atoms with E-state index in [0.717, 1.165) is 12.8 Å². The first-order valence-electron chi connectivity index (χ1n) is 3.15. The summed E-state index contributed by atoms with van der Waals surface area (Å²) in [5, 5.41) is 17.0. The van der Waals surface area contributed by atoms with E-state index in [1.807, 2.05) is 6.92 Å². The highest BCUT2D eigenvalue weighted by Crippen LogP contribution is 2.08. The number of hydrogen-bond donors (Lipinski definition) is 2. The molecule has 0 rings (SSSR count). The summed E-state index contributed by atoms with van der Waals surface area (Å²) >= 11 is 5.62. The maximum atomic E-state index is 8.88. The molecule has 2 unspecified atom stereocenters. The van der Waals surface area contributed by atoms with Gasteiger partial charge in [-0.05, 0) is 6.42 Å². The Balaban J connectivity index is 3.32. The lowest BCUT2D eigenvalue weighted by atomic mass is 10.2. The third kappa shape index (κ3) is 3.73. The van der Waals surface area contributed by atoms with Crippen LogP contribution in [0.3, 0.4) is 0 Å². The fourth-order valence-corrected chi connectivity index (χ4v) is 0.880. The second-order valence-electron chi connectivity index (χ2n) is 2.05. The molecule has 2 N–H and O–H groups in total. The second-order valence-corrected chi connectivity index (χ2v) is 2.62. The molecule has 0 radical (unpaired) electrons. The molecule has 0 aromatic heterocycles. The number of rotatable bonds is 4. The Kier molecular flexibility index (Phi) is 5.15. The summed E-state index contributed by atoms with van der Waals surface area (Å²) < 4.78 is 0. The van der Waals surface area contributed by atoms with Crippen LogP contribution in [0.25, 0.3) is 0 Å². The number of aliphatic hydroxyl groups is 2. The first-order valence-corrected chi connectivity index (χ1v) is 3.59. The first-order chi connectivity index (χ1) is 4.22. The molecule has 0 amide bonds. The molecule has 0 saturated carbocycles. The lowest BCUT2D eigenvalue weighted by molar-refractivity contribution is 0.0895. The van der Waals surface area contributed by atoms with Crippen LogP contribution in [0.5, 0.6) is 0 Å². The van der Waals surface area contributed by atoms with Gasteiger partial charge in [0.2, 0.25) is 0 Å². The van der Waals surface area contributed by atoms with Gasteiger partial charge in [0, 0.05) is 0 Å². The van der Waals surface area contributed by atoms with Gasteiger partial charge in [0.1, 0.15) is 0 Å². The maximum absolute atomic E-state index is 8.88. The number of hydrogen-bond acceptors (Lipinski definition) is 2. The molecule has 0 saturated heterocycles. The quantitative estimate of drug-likeness (QED) is 0.584. The van der Waals surface area contributed by atoms with E-state index in [1.165, 1.54) is 0 Å². The van der Waals surface area contributed by atoms with Crippen molar-refractivity contribution in [1.82, 2.24) is 0 Å². The van der Waals surface area contributed by atoms with Crippen molar-refractivity contribution in [1.29, 1.82) is 0 Å². The van der Waals surface area contributed by atoms with Crippen LogP contribution in [0.15, 0.2) is 0 Å². The Morgan fingerprint density at radius 2 is 2.11 bits per heavy atom. The molecule has 0 aliphatic carbocycles. The summed E-state index contributed by atoms with van der Waals surface area (Å²) in [5.74, 6) is 0. The predicted octanol–water partition coefficient (Wildman–Crippen LogP) is 0.747. The SMILES string of the molecule is CCCC(Cl)C(O)CO. The van der Waals surface area contributed by atoms with Crippen LogP contribution >= 0.6 is 11.6 Å². The van der Waals surface area contributed by atoms with Gasteiger partial charge < -0.3 is 10.2 Å². The molecule has 0 aliphatic heterocycles. The second kappa shape index (κ2) is 5.03. The zero-order valence-corrected chi connectivity index (χ0v) is 6.30. The standard InChI is InChI=1S/C6H13ClO2/c1-2-3-5(7)6(9)4-8/h5-6,8-9H,2-4H2,1H3. The van der Waals surface area contributed by atoms with Crippen molar-refractivity contribution in [3.63, 3.8) is 0 Å². The first kappa shape index (κ1) is 9.21. The Bertz CT molecular complexity index is 68.1. The summed E-state index contributed by atoms with van der Waals surface area (Å²) in [6.45, 7) is 1.74. The van der Waals surface area contributed by atoms with E-state index in [0.29, 0.717) is 0 Å². The molecule has 0 aromatic carbocycles. The van der Waals surface area contributed by atoms with Gasteiger partial charge in [-0.3, -0.25) is 0 Å². The van der Waals surface area contributed by atoms with Crippen LogP contribution in [0.4, 0.5) is 0 Å². The van der Waals surface area contributed by atoms with Gasteiger partial charge in [0.25, 0.3) is 0 Å². The minimum absolute atomic E-state index is 0.242. The molecule has 0 spiro atoms. The van der Waals surface area contributed by atoms with Gasteiger partial charge >= 0.3 is 0 Å². The van der Waals surface area contributed by atoms with Crippen molar-refractivity contribution < 1.29 is 10.2 Å². The molecule has 0 aliphatic rings. The Morgan fingerprint density at radius 1 is 1.56 bits per heavy atom. The highest BCUT2D eigenvalue weighted by atomic mass is 35.5. The summed E-state index contributed by atoms with van der Waals surface area (Å²) in [6.07, 6.45) is 0.931. The molecule has 2 nitrogen and oxygen atoms in total. The normalized spacial score (nSPS) is 17.3. The average Bonchev–Trinajstić information content (AvgIpc) is 1.87.